The second-order valence-corrected chi connectivity index (χ2v) is 4.20. The van der Waals surface area contributed by atoms with Crippen molar-refractivity contribution in [3.63, 3.8) is 0 Å². The molecule has 0 aromatic carbocycles. The molecule has 0 saturated carbocycles. The summed E-state index contributed by atoms with van der Waals surface area (Å²) in [5.41, 5.74) is 5.66. The molecule has 1 rings (SSSR count). The van der Waals surface area contributed by atoms with Crippen LogP contribution in [0, 0.1) is 0 Å². The highest BCUT2D eigenvalue weighted by molar-refractivity contribution is 5.02. The molecule has 0 fully saturated rings. The van der Waals surface area contributed by atoms with Gasteiger partial charge >= 0.3 is 0 Å². The van der Waals surface area contributed by atoms with Gasteiger partial charge in [-0.1, -0.05) is 26.7 Å². The van der Waals surface area contributed by atoms with Crippen molar-refractivity contribution in [3.05, 3.63) is 11.6 Å². The van der Waals surface area contributed by atoms with Crippen LogP contribution < -0.4 is 5.73 Å². The Hall–Kier alpha value is -0.900. The quantitative estimate of drug-likeness (QED) is 0.774. The van der Waals surface area contributed by atoms with Crippen LogP contribution in [0.15, 0.2) is 0 Å². The van der Waals surface area contributed by atoms with Gasteiger partial charge in [0.25, 0.3) is 0 Å². The highest BCUT2D eigenvalue weighted by Gasteiger charge is 2.18. The average molecular weight is 224 g/mol. The molecule has 0 saturated heterocycles. The molecule has 1 heterocycles. The molecule has 16 heavy (non-hydrogen) atoms. The van der Waals surface area contributed by atoms with E-state index < -0.39 is 0 Å². The third-order valence-corrected chi connectivity index (χ3v) is 2.99. The van der Waals surface area contributed by atoms with E-state index in [1.54, 1.807) is 0 Å². The summed E-state index contributed by atoms with van der Waals surface area (Å²) in [5.74, 6) is 2.59. The third kappa shape index (κ3) is 2.82. The standard InChI is InChI=1S/C12H24N4/c1-4-7-10(8-5-2)12-15-14-11(9-13)16(12)6-3/h10H,4-9,13H2,1-3H3. The SMILES string of the molecule is CCCC(CCC)c1nnc(CN)n1CC. The number of hydrogen-bond donors (Lipinski definition) is 1. The fraction of sp³-hybridized carbons (Fsp3) is 0.833. The van der Waals surface area contributed by atoms with E-state index in [-0.39, 0.29) is 0 Å². The summed E-state index contributed by atoms with van der Waals surface area (Å²) in [7, 11) is 0. The molecule has 0 radical (unpaired) electrons. The van der Waals surface area contributed by atoms with Gasteiger partial charge in [-0.15, -0.1) is 10.2 Å². The minimum atomic E-state index is 0.478. The number of rotatable bonds is 7. The number of nitrogens with zero attached hydrogens (tertiary/aromatic N) is 3. The lowest BCUT2D eigenvalue weighted by atomic mass is 9.97. The van der Waals surface area contributed by atoms with Crippen LogP contribution in [0.25, 0.3) is 0 Å². The zero-order valence-corrected chi connectivity index (χ0v) is 10.7. The van der Waals surface area contributed by atoms with E-state index in [2.05, 4.69) is 35.5 Å². The summed E-state index contributed by atoms with van der Waals surface area (Å²) < 4.78 is 2.18. The van der Waals surface area contributed by atoms with Crippen molar-refractivity contribution in [2.75, 3.05) is 0 Å². The van der Waals surface area contributed by atoms with Gasteiger partial charge in [-0.25, -0.2) is 0 Å². The summed E-state index contributed by atoms with van der Waals surface area (Å²) in [6.07, 6.45) is 4.77. The Morgan fingerprint density at radius 2 is 1.75 bits per heavy atom. The van der Waals surface area contributed by atoms with Crippen molar-refractivity contribution in [3.8, 4) is 0 Å². The molecule has 0 spiro atoms. The summed E-state index contributed by atoms with van der Waals surface area (Å²) in [6.45, 7) is 7.96. The maximum Gasteiger partial charge on any atom is 0.146 e. The fourth-order valence-electron chi connectivity index (χ4n) is 2.25. The molecule has 0 aliphatic carbocycles. The molecule has 1 aromatic heterocycles. The van der Waals surface area contributed by atoms with Gasteiger partial charge in [-0.3, -0.25) is 0 Å². The predicted molar refractivity (Wildman–Crippen MR) is 66.1 cm³/mol. The van der Waals surface area contributed by atoms with Gasteiger partial charge in [0.1, 0.15) is 11.6 Å². The Kier molecular flexibility index (Phi) is 5.46. The zero-order valence-electron chi connectivity index (χ0n) is 10.7. The number of hydrogen-bond acceptors (Lipinski definition) is 3. The lowest BCUT2D eigenvalue weighted by molar-refractivity contribution is 0.502. The highest BCUT2D eigenvalue weighted by atomic mass is 15.3. The molecule has 2 N–H and O–H groups in total. The molecule has 0 amide bonds. The molecule has 4 nitrogen and oxygen atoms in total. The Morgan fingerprint density at radius 3 is 2.19 bits per heavy atom. The van der Waals surface area contributed by atoms with Crippen LogP contribution in [0.3, 0.4) is 0 Å². The summed E-state index contributed by atoms with van der Waals surface area (Å²) in [6, 6.07) is 0. The molecular formula is C12H24N4. The van der Waals surface area contributed by atoms with Crippen LogP contribution in [-0.4, -0.2) is 14.8 Å². The summed E-state index contributed by atoms with van der Waals surface area (Å²) in [5, 5.41) is 8.51. The van der Waals surface area contributed by atoms with Crippen molar-refractivity contribution in [1.82, 2.24) is 14.8 Å². The highest BCUT2D eigenvalue weighted by Crippen LogP contribution is 2.25. The van der Waals surface area contributed by atoms with Crippen LogP contribution in [0.4, 0.5) is 0 Å². The zero-order chi connectivity index (χ0) is 12.0. The van der Waals surface area contributed by atoms with E-state index in [9.17, 15) is 0 Å². The monoisotopic (exact) mass is 224 g/mol. The fourth-order valence-corrected chi connectivity index (χ4v) is 2.25. The first-order valence-corrected chi connectivity index (χ1v) is 6.40. The van der Waals surface area contributed by atoms with Crippen molar-refractivity contribution in [2.45, 2.75) is 65.5 Å². The van der Waals surface area contributed by atoms with Crippen molar-refractivity contribution < 1.29 is 0 Å². The third-order valence-electron chi connectivity index (χ3n) is 2.99. The summed E-state index contributed by atoms with van der Waals surface area (Å²) >= 11 is 0. The van der Waals surface area contributed by atoms with E-state index in [0.29, 0.717) is 12.5 Å². The van der Waals surface area contributed by atoms with Crippen molar-refractivity contribution >= 4 is 0 Å². The van der Waals surface area contributed by atoms with E-state index in [0.717, 1.165) is 18.2 Å². The number of nitrogens with two attached hydrogens (primary N) is 1. The number of aromatic nitrogens is 3. The normalized spacial score (nSPS) is 11.3. The maximum atomic E-state index is 5.66. The van der Waals surface area contributed by atoms with Crippen LogP contribution in [0.2, 0.25) is 0 Å². The minimum absolute atomic E-state index is 0.478. The van der Waals surface area contributed by atoms with Gasteiger partial charge in [0, 0.05) is 12.5 Å². The first-order chi connectivity index (χ1) is 7.78. The van der Waals surface area contributed by atoms with Crippen LogP contribution in [0.5, 0.6) is 0 Å². The smallest absolute Gasteiger partial charge is 0.146 e. The Bertz CT molecular complexity index is 300. The largest absolute Gasteiger partial charge is 0.324 e. The molecule has 0 unspecified atom stereocenters. The van der Waals surface area contributed by atoms with Crippen LogP contribution in [0.1, 0.15) is 64.0 Å². The average Bonchev–Trinajstić information content (AvgIpc) is 2.71. The lowest BCUT2D eigenvalue weighted by Crippen LogP contribution is -2.13. The second kappa shape index (κ2) is 6.63. The first kappa shape index (κ1) is 13.2. The second-order valence-electron chi connectivity index (χ2n) is 4.20. The van der Waals surface area contributed by atoms with E-state index in [4.69, 9.17) is 5.73 Å². The molecule has 0 bridgehead atoms. The van der Waals surface area contributed by atoms with Gasteiger partial charge < -0.3 is 10.3 Å². The molecular weight excluding hydrogens is 200 g/mol. The first-order valence-electron chi connectivity index (χ1n) is 6.40. The van der Waals surface area contributed by atoms with Gasteiger partial charge in [-0.2, -0.15) is 0 Å². The summed E-state index contributed by atoms with van der Waals surface area (Å²) in [4.78, 5) is 0. The molecule has 0 atom stereocenters. The molecule has 0 aliphatic heterocycles. The van der Waals surface area contributed by atoms with E-state index >= 15 is 0 Å². The lowest BCUT2D eigenvalue weighted by Gasteiger charge is -2.16. The van der Waals surface area contributed by atoms with Gasteiger partial charge in [0.15, 0.2) is 0 Å². The Labute approximate surface area is 98.2 Å². The maximum absolute atomic E-state index is 5.66. The molecule has 92 valence electrons. The minimum Gasteiger partial charge on any atom is -0.324 e. The van der Waals surface area contributed by atoms with Crippen LogP contribution in [-0.2, 0) is 13.1 Å². The molecule has 1 aromatic rings. The predicted octanol–water partition coefficient (Wildman–Crippen LogP) is 2.44. The topological polar surface area (TPSA) is 56.7 Å². The van der Waals surface area contributed by atoms with E-state index in [1.807, 2.05) is 0 Å². The van der Waals surface area contributed by atoms with Gasteiger partial charge in [-0.05, 0) is 19.8 Å². The van der Waals surface area contributed by atoms with Crippen molar-refractivity contribution in [1.29, 1.82) is 0 Å². The molecule has 0 aliphatic rings. The van der Waals surface area contributed by atoms with Gasteiger partial charge in [0.05, 0.1) is 6.54 Å². The van der Waals surface area contributed by atoms with E-state index in [1.165, 1.54) is 25.7 Å². The Balaban J connectivity index is 2.93. The van der Waals surface area contributed by atoms with Crippen LogP contribution >= 0.6 is 0 Å². The van der Waals surface area contributed by atoms with Crippen molar-refractivity contribution in [2.24, 2.45) is 5.73 Å². The van der Waals surface area contributed by atoms with Gasteiger partial charge in [0.2, 0.25) is 0 Å². The Morgan fingerprint density at radius 1 is 1.12 bits per heavy atom. The molecule has 4 heteroatoms.